The third kappa shape index (κ3) is 4.60. The Kier molecular flexibility index (Phi) is 7.89. The molecule has 1 aliphatic heterocycles. The Bertz CT molecular complexity index is 941. The predicted octanol–water partition coefficient (Wildman–Crippen LogP) is 2.78. The SMILES string of the molecule is C=CCOC(=O)C(C#N)=C1SC(CCc2c(C)[nH]c(C)c2C(=O)OC)C(=O)N1CC. The van der Waals surface area contributed by atoms with E-state index >= 15 is 0 Å². The second-order valence-corrected chi connectivity index (χ2v) is 7.82. The van der Waals surface area contributed by atoms with Gasteiger partial charge in [-0.15, -0.1) is 0 Å². The van der Waals surface area contributed by atoms with Crippen molar-refractivity contribution < 1.29 is 23.9 Å². The van der Waals surface area contributed by atoms with Gasteiger partial charge in [-0.3, -0.25) is 4.79 Å². The molecule has 0 saturated carbocycles. The second kappa shape index (κ2) is 10.2. The lowest BCUT2D eigenvalue weighted by Crippen LogP contribution is -2.29. The van der Waals surface area contributed by atoms with Crippen LogP contribution in [-0.4, -0.2) is 53.2 Å². The number of hydrogen-bond acceptors (Lipinski definition) is 7. The molecular weight excluding hydrogens is 406 g/mol. The molecule has 160 valence electrons. The molecule has 2 rings (SSSR count). The van der Waals surface area contributed by atoms with E-state index in [1.54, 1.807) is 13.8 Å². The van der Waals surface area contributed by atoms with Gasteiger partial charge in [-0.25, -0.2) is 9.59 Å². The van der Waals surface area contributed by atoms with E-state index in [0.29, 0.717) is 35.7 Å². The highest BCUT2D eigenvalue weighted by Gasteiger charge is 2.39. The van der Waals surface area contributed by atoms with Crippen molar-refractivity contribution in [1.29, 1.82) is 5.26 Å². The average Bonchev–Trinajstić information content (AvgIpc) is 3.19. The molecule has 1 atom stereocenters. The maximum absolute atomic E-state index is 12.9. The number of methoxy groups -OCH3 is 1. The number of nitrogens with one attached hydrogen (secondary N) is 1. The van der Waals surface area contributed by atoms with Crippen LogP contribution in [0.15, 0.2) is 23.3 Å². The van der Waals surface area contributed by atoms with E-state index in [1.807, 2.05) is 13.0 Å². The van der Waals surface area contributed by atoms with Gasteiger partial charge in [0.15, 0.2) is 5.57 Å². The molecule has 1 saturated heterocycles. The highest BCUT2D eigenvalue weighted by molar-refractivity contribution is 8.04. The van der Waals surface area contributed by atoms with Gasteiger partial charge in [0.1, 0.15) is 17.7 Å². The van der Waals surface area contributed by atoms with Gasteiger partial charge in [0.2, 0.25) is 5.91 Å². The maximum atomic E-state index is 12.9. The molecule has 8 nitrogen and oxygen atoms in total. The standard InChI is InChI=1S/C21H25N3O5S/c1-6-10-29-20(26)15(11-22)19-24(7-2)18(25)16(30-19)9-8-14-12(3)23-13(4)17(14)21(27)28-5/h6,16,23H,1,7-10H2,2-5H3. The Morgan fingerprint density at radius 3 is 2.63 bits per heavy atom. The molecule has 9 heteroatoms. The summed E-state index contributed by atoms with van der Waals surface area (Å²) in [6.45, 7) is 9.23. The zero-order valence-electron chi connectivity index (χ0n) is 17.5. The normalized spacial score (nSPS) is 17.5. The van der Waals surface area contributed by atoms with E-state index in [9.17, 15) is 19.6 Å². The van der Waals surface area contributed by atoms with Crippen molar-refractivity contribution >= 4 is 29.6 Å². The molecule has 2 heterocycles. The molecule has 0 spiro atoms. The summed E-state index contributed by atoms with van der Waals surface area (Å²) in [5, 5.41) is 9.30. The van der Waals surface area contributed by atoms with Crippen molar-refractivity contribution in [2.24, 2.45) is 0 Å². The molecule has 0 aliphatic carbocycles. The van der Waals surface area contributed by atoms with Gasteiger partial charge in [0.05, 0.1) is 17.9 Å². The number of H-pyrrole nitrogens is 1. The summed E-state index contributed by atoms with van der Waals surface area (Å²) in [6, 6.07) is 1.87. The van der Waals surface area contributed by atoms with Crippen molar-refractivity contribution in [3.8, 4) is 6.07 Å². The topological polar surface area (TPSA) is 112 Å². The molecule has 0 aromatic carbocycles. The largest absolute Gasteiger partial charge is 0.465 e. The van der Waals surface area contributed by atoms with Gasteiger partial charge in [0, 0.05) is 17.9 Å². The minimum absolute atomic E-state index is 0.0200. The number of aromatic nitrogens is 1. The number of hydrogen-bond donors (Lipinski definition) is 1. The maximum Gasteiger partial charge on any atom is 0.351 e. The van der Waals surface area contributed by atoms with Crippen LogP contribution in [0.3, 0.4) is 0 Å². The molecular formula is C21H25N3O5S. The Balaban J connectivity index is 2.27. The number of aromatic amines is 1. The van der Waals surface area contributed by atoms with E-state index in [4.69, 9.17) is 9.47 Å². The third-order valence-corrected chi connectivity index (χ3v) is 6.14. The molecule has 1 fully saturated rings. The van der Waals surface area contributed by atoms with E-state index < -0.39 is 17.2 Å². The number of nitrogens with zero attached hydrogens (tertiary/aromatic N) is 2. The van der Waals surface area contributed by atoms with Crippen molar-refractivity contribution in [1.82, 2.24) is 9.88 Å². The number of carbonyl (C=O) groups is 3. The molecule has 0 bridgehead atoms. The van der Waals surface area contributed by atoms with Gasteiger partial charge < -0.3 is 19.4 Å². The van der Waals surface area contributed by atoms with Crippen LogP contribution in [0.2, 0.25) is 0 Å². The van der Waals surface area contributed by atoms with Crippen LogP contribution < -0.4 is 0 Å². The van der Waals surface area contributed by atoms with Gasteiger partial charge in [-0.2, -0.15) is 5.26 Å². The van der Waals surface area contributed by atoms with Crippen LogP contribution in [0.1, 0.15) is 40.7 Å². The highest BCUT2D eigenvalue weighted by Crippen LogP contribution is 2.39. The number of ether oxygens (including phenoxy) is 2. The van der Waals surface area contributed by atoms with Crippen molar-refractivity contribution in [2.45, 2.75) is 38.9 Å². The zero-order valence-corrected chi connectivity index (χ0v) is 18.4. The zero-order chi connectivity index (χ0) is 22.4. The smallest absolute Gasteiger partial charge is 0.351 e. The minimum Gasteiger partial charge on any atom is -0.465 e. The highest BCUT2D eigenvalue weighted by atomic mass is 32.2. The Morgan fingerprint density at radius 1 is 1.37 bits per heavy atom. The molecule has 1 aromatic rings. The quantitative estimate of drug-likeness (QED) is 0.291. The van der Waals surface area contributed by atoms with E-state index in [-0.39, 0.29) is 18.1 Å². The molecule has 0 radical (unpaired) electrons. The van der Waals surface area contributed by atoms with Crippen LogP contribution in [0.5, 0.6) is 0 Å². The molecule has 1 aliphatic rings. The Morgan fingerprint density at radius 2 is 2.07 bits per heavy atom. The Hall–Kier alpha value is -2.99. The number of nitriles is 1. The lowest BCUT2D eigenvalue weighted by molar-refractivity contribution is -0.137. The van der Waals surface area contributed by atoms with Crippen LogP contribution >= 0.6 is 11.8 Å². The van der Waals surface area contributed by atoms with Gasteiger partial charge in [-0.1, -0.05) is 24.4 Å². The number of amides is 1. The molecule has 30 heavy (non-hydrogen) atoms. The number of esters is 2. The fourth-order valence-electron chi connectivity index (χ4n) is 3.39. The van der Waals surface area contributed by atoms with Crippen LogP contribution in [0, 0.1) is 25.2 Å². The summed E-state index contributed by atoms with van der Waals surface area (Å²) in [5.41, 5.74) is 2.66. The summed E-state index contributed by atoms with van der Waals surface area (Å²) < 4.78 is 9.86. The van der Waals surface area contributed by atoms with E-state index in [1.165, 1.54) is 29.8 Å². The lowest BCUT2D eigenvalue weighted by atomic mass is 10.0. The van der Waals surface area contributed by atoms with Crippen LogP contribution in [0.4, 0.5) is 0 Å². The van der Waals surface area contributed by atoms with E-state index in [2.05, 4.69) is 11.6 Å². The van der Waals surface area contributed by atoms with Gasteiger partial charge in [-0.05, 0) is 39.2 Å². The van der Waals surface area contributed by atoms with Crippen molar-refractivity contribution in [3.63, 3.8) is 0 Å². The van der Waals surface area contributed by atoms with Crippen molar-refractivity contribution in [3.05, 3.63) is 45.8 Å². The number of thioether (sulfide) groups is 1. The fraction of sp³-hybridized carbons (Fsp3) is 0.429. The van der Waals surface area contributed by atoms with Crippen LogP contribution in [-0.2, 0) is 25.5 Å². The predicted molar refractivity (Wildman–Crippen MR) is 112 cm³/mol. The fourth-order valence-corrected chi connectivity index (χ4v) is 4.71. The van der Waals surface area contributed by atoms with Gasteiger partial charge in [0.25, 0.3) is 0 Å². The van der Waals surface area contributed by atoms with Crippen molar-refractivity contribution in [2.75, 3.05) is 20.3 Å². The second-order valence-electron chi connectivity index (χ2n) is 6.63. The average molecular weight is 432 g/mol. The first-order valence-electron chi connectivity index (χ1n) is 9.47. The number of aryl methyl sites for hydroxylation is 2. The summed E-state index contributed by atoms with van der Waals surface area (Å²) >= 11 is 1.18. The molecule has 1 aromatic heterocycles. The van der Waals surface area contributed by atoms with Crippen LogP contribution in [0.25, 0.3) is 0 Å². The Labute approximate surface area is 179 Å². The summed E-state index contributed by atoms with van der Waals surface area (Å²) in [7, 11) is 1.33. The summed E-state index contributed by atoms with van der Waals surface area (Å²) in [5.74, 6) is -1.38. The third-order valence-electron chi connectivity index (χ3n) is 4.77. The first-order chi connectivity index (χ1) is 14.3. The van der Waals surface area contributed by atoms with Gasteiger partial charge >= 0.3 is 11.9 Å². The first kappa shape index (κ1) is 23.3. The minimum atomic E-state index is -0.781. The van der Waals surface area contributed by atoms with E-state index in [0.717, 1.165) is 11.3 Å². The molecule has 1 unspecified atom stereocenters. The summed E-state index contributed by atoms with van der Waals surface area (Å²) in [6.07, 6.45) is 2.31. The molecule has 1 amide bonds. The number of rotatable bonds is 8. The lowest BCUT2D eigenvalue weighted by Gasteiger charge is -2.15. The first-order valence-corrected chi connectivity index (χ1v) is 10.3. The molecule has 1 N–H and O–H groups in total. The number of carbonyl (C=O) groups excluding carboxylic acids is 3. The summed E-state index contributed by atoms with van der Waals surface area (Å²) in [4.78, 5) is 41.8. The monoisotopic (exact) mass is 431 g/mol.